The van der Waals surface area contributed by atoms with E-state index in [0.717, 1.165) is 113 Å². The molecule has 0 saturated heterocycles. The molecule has 0 fully saturated rings. The van der Waals surface area contributed by atoms with Gasteiger partial charge in [0.2, 0.25) is 0 Å². The van der Waals surface area contributed by atoms with E-state index in [1.54, 1.807) is 0 Å². The van der Waals surface area contributed by atoms with Crippen LogP contribution in [0, 0.1) is 0 Å². The van der Waals surface area contributed by atoms with E-state index in [4.69, 9.17) is 14.4 Å². The number of benzene rings is 11. The zero-order valence-corrected chi connectivity index (χ0v) is 57.0. The van der Waals surface area contributed by atoms with Crippen LogP contribution >= 0.6 is 0 Å². The molecule has 14 aromatic rings. The monoisotopic (exact) mass is 1250 g/mol. The molecule has 0 bridgehead atoms. The van der Waals surface area contributed by atoms with Gasteiger partial charge in [-0.1, -0.05) is 253 Å². The van der Waals surface area contributed by atoms with Gasteiger partial charge in [-0.25, -0.2) is 9.97 Å². The molecular weight excluding hydrogens is 1170 g/mol. The Kier molecular flexibility index (Phi) is 14.1. The zero-order chi connectivity index (χ0) is 66.2. The van der Waals surface area contributed by atoms with E-state index in [1.165, 1.54) is 49.4 Å². The highest BCUT2D eigenvalue weighted by Gasteiger charge is 2.47. The van der Waals surface area contributed by atoms with Crippen molar-refractivity contribution in [3.63, 3.8) is 0 Å². The molecule has 11 aromatic carbocycles. The van der Waals surface area contributed by atoms with Crippen LogP contribution in [0.25, 0.3) is 54.6 Å². The van der Waals surface area contributed by atoms with Crippen LogP contribution in [0.5, 0.6) is 0 Å². The third-order valence-corrected chi connectivity index (χ3v) is 19.8. The number of nitrogens with zero attached hydrogens (tertiary/aromatic N) is 6. The molecule has 3 aromatic heterocycles. The molecule has 0 aliphatic carbocycles. The molecule has 0 N–H and O–H groups in total. The van der Waals surface area contributed by atoms with Crippen molar-refractivity contribution in [1.82, 2.24) is 9.97 Å². The lowest BCUT2D eigenvalue weighted by Gasteiger charge is -2.44. The maximum absolute atomic E-state index is 7.13. The van der Waals surface area contributed by atoms with E-state index in [1.807, 2.05) is 0 Å². The number of anilines is 12. The summed E-state index contributed by atoms with van der Waals surface area (Å²) in [6.07, 6.45) is 0. The van der Waals surface area contributed by atoms with Gasteiger partial charge in [-0.05, 0) is 179 Å². The first-order valence-electron chi connectivity index (χ1n) is 33.8. The van der Waals surface area contributed by atoms with Gasteiger partial charge in [-0.2, -0.15) is 0 Å². The van der Waals surface area contributed by atoms with Crippen molar-refractivity contribution in [2.75, 3.05) is 19.6 Å². The average Bonchev–Trinajstić information content (AvgIpc) is 0.773. The van der Waals surface area contributed by atoms with Gasteiger partial charge < -0.3 is 4.42 Å². The number of hydrogen-bond donors (Lipinski definition) is 0. The summed E-state index contributed by atoms with van der Waals surface area (Å²) in [5, 5.41) is 6.91. The van der Waals surface area contributed by atoms with E-state index >= 15 is 0 Å². The minimum Gasteiger partial charge on any atom is -0.454 e. The van der Waals surface area contributed by atoms with Crippen LogP contribution in [0.1, 0.15) is 105 Å². The molecule has 0 unspecified atom stereocenters. The number of rotatable bonds is 9. The van der Waals surface area contributed by atoms with Crippen LogP contribution in [0.2, 0.25) is 0 Å². The minimum absolute atomic E-state index is 0.0396. The fourth-order valence-electron chi connectivity index (χ4n) is 14.8. The normalized spacial score (nSPS) is 13.1. The molecule has 0 radical (unpaired) electrons. The van der Waals surface area contributed by atoms with Crippen molar-refractivity contribution in [1.29, 1.82) is 0 Å². The SMILES string of the molecule is CC(C)(C)c1ccc(N(c2cccc(-c3cccc4ccccc34)c2)c2ccc3c(n2)N(c2cccc4c2oc2ccccc24)c2cc(C(C)(C)C)cc4c2B3c2ccc(N(c3ccc(C(C)(C)C)cc3)c3ccc(C(C)(C)C)c5ccccc35)nc2N4c2ccccc2)cc1. The van der Waals surface area contributed by atoms with Crippen LogP contribution in [0.15, 0.2) is 265 Å². The number of para-hydroxylation sites is 3. The number of aromatic nitrogens is 2. The first-order chi connectivity index (χ1) is 46.2. The summed E-state index contributed by atoms with van der Waals surface area (Å²) in [5.41, 5.74) is 19.8. The molecule has 470 valence electrons. The highest BCUT2D eigenvalue weighted by molar-refractivity contribution is 7.00. The molecule has 96 heavy (non-hydrogen) atoms. The van der Waals surface area contributed by atoms with Gasteiger partial charge in [0.1, 0.15) is 28.9 Å². The van der Waals surface area contributed by atoms with Crippen LogP contribution in [0.3, 0.4) is 0 Å². The van der Waals surface area contributed by atoms with Gasteiger partial charge >= 0.3 is 0 Å². The Morgan fingerprint density at radius 1 is 0.365 bits per heavy atom. The highest BCUT2D eigenvalue weighted by Crippen LogP contribution is 2.51. The standard InChI is InChI=1S/C88H79BN6O/c1-85(2,3)58-39-43-62(44-40-58)92(64-30-22-27-57(53-64)66-35-23-26-56-25-16-17-31-65(56)66)79-51-48-73-84(90-79)95(75-37-24-36-70-69-34-20-21-38-78(69)96-82(70)75)77-55-60(87(7,8)9)54-76-81(77)89(73)72-49-52-80(91-83(72)94(76)61-28-14-13-15-29-61)93(63-45-41-59(42-46-63)86(4,5)6)74-50-47-71(88(10,11)12)67-32-18-19-33-68(67)74/h13-55H,1-12H3. The molecule has 8 heteroatoms. The van der Waals surface area contributed by atoms with Crippen LogP contribution in [-0.2, 0) is 21.7 Å². The summed E-state index contributed by atoms with van der Waals surface area (Å²) >= 11 is 0. The molecule has 0 amide bonds. The Bertz CT molecular complexity index is 5370. The lowest BCUT2D eigenvalue weighted by atomic mass is 9.34. The van der Waals surface area contributed by atoms with Gasteiger partial charge in [0.25, 0.3) is 6.71 Å². The molecule has 2 aliphatic rings. The van der Waals surface area contributed by atoms with E-state index in [-0.39, 0.29) is 28.4 Å². The predicted molar refractivity (Wildman–Crippen MR) is 408 cm³/mol. The summed E-state index contributed by atoms with van der Waals surface area (Å²) in [6.45, 7) is 27.2. The Morgan fingerprint density at radius 2 is 0.896 bits per heavy atom. The first kappa shape index (κ1) is 60.3. The van der Waals surface area contributed by atoms with Crippen molar-refractivity contribution >= 4 is 135 Å². The second-order valence-corrected chi connectivity index (χ2v) is 30.3. The summed E-state index contributed by atoms with van der Waals surface area (Å²) in [4.78, 5) is 21.9. The Morgan fingerprint density at radius 3 is 1.55 bits per heavy atom. The molecule has 2 aliphatic heterocycles. The van der Waals surface area contributed by atoms with Crippen LogP contribution in [-0.4, -0.2) is 16.7 Å². The fourth-order valence-corrected chi connectivity index (χ4v) is 14.8. The highest BCUT2D eigenvalue weighted by atomic mass is 16.3. The quantitative estimate of drug-likeness (QED) is 0.134. The average molecular weight is 1250 g/mol. The van der Waals surface area contributed by atoms with Crippen LogP contribution < -0.4 is 36.0 Å². The first-order valence-corrected chi connectivity index (χ1v) is 33.8. The fraction of sp³-hybridized carbons (Fsp3) is 0.182. The van der Waals surface area contributed by atoms with Gasteiger partial charge in [0.05, 0.1) is 11.4 Å². The maximum Gasteiger partial charge on any atom is 0.256 e. The van der Waals surface area contributed by atoms with Crippen molar-refractivity contribution in [2.45, 2.75) is 105 Å². The van der Waals surface area contributed by atoms with E-state index in [0.29, 0.717) is 0 Å². The second-order valence-electron chi connectivity index (χ2n) is 30.3. The summed E-state index contributed by atoms with van der Waals surface area (Å²) in [5.74, 6) is 3.25. The number of pyridine rings is 2. The molecule has 16 rings (SSSR count). The molecular formula is C88H79BN6O. The Hall–Kier alpha value is -10.7. The molecule has 0 spiro atoms. The van der Waals surface area contributed by atoms with Gasteiger partial charge in [0.15, 0.2) is 5.58 Å². The number of hydrogen-bond acceptors (Lipinski definition) is 7. The van der Waals surface area contributed by atoms with Crippen molar-refractivity contribution < 1.29 is 4.42 Å². The molecule has 7 nitrogen and oxygen atoms in total. The second kappa shape index (κ2) is 22.5. The molecule has 0 saturated carbocycles. The van der Waals surface area contributed by atoms with Gasteiger partial charge in [-0.3, -0.25) is 19.6 Å². The van der Waals surface area contributed by atoms with E-state index in [2.05, 4.69) is 364 Å². The topological polar surface area (TPSA) is 51.9 Å². The third kappa shape index (κ3) is 10.2. The smallest absolute Gasteiger partial charge is 0.256 e. The largest absolute Gasteiger partial charge is 0.454 e. The Labute approximate surface area is 565 Å². The lowest BCUT2D eigenvalue weighted by Crippen LogP contribution is -2.62. The van der Waals surface area contributed by atoms with Crippen LogP contribution in [0.4, 0.5) is 68.8 Å². The van der Waals surface area contributed by atoms with Crippen molar-refractivity contribution in [3.8, 4) is 11.1 Å². The summed E-state index contributed by atoms with van der Waals surface area (Å²) in [7, 11) is 0. The Balaban J connectivity index is 0.980. The van der Waals surface area contributed by atoms with Crippen molar-refractivity contribution in [3.05, 3.63) is 283 Å². The predicted octanol–water partition coefficient (Wildman–Crippen LogP) is 22.6. The number of furan rings is 1. The number of fused-ring (bicyclic) bond motifs is 9. The zero-order valence-electron chi connectivity index (χ0n) is 57.0. The lowest BCUT2D eigenvalue weighted by molar-refractivity contribution is 0.590. The van der Waals surface area contributed by atoms with Gasteiger partial charge in [0, 0.05) is 50.3 Å². The third-order valence-electron chi connectivity index (χ3n) is 19.8. The van der Waals surface area contributed by atoms with E-state index < -0.39 is 0 Å². The maximum atomic E-state index is 7.13. The minimum atomic E-state index is -0.316. The van der Waals surface area contributed by atoms with Gasteiger partial charge in [-0.15, -0.1) is 0 Å². The molecule has 5 heterocycles. The van der Waals surface area contributed by atoms with E-state index in [9.17, 15) is 0 Å². The molecule has 0 atom stereocenters. The summed E-state index contributed by atoms with van der Waals surface area (Å²) < 4.78 is 7.13. The summed E-state index contributed by atoms with van der Waals surface area (Å²) in [6, 6.07) is 95.9. The van der Waals surface area contributed by atoms with Crippen molar-refractivity contribution in [2.24, 2.45) is 0 Å².